The number of unbranched alkanes of at least 4 members (excludes halogenated alkanes) is 1. The summed E-state index contributed by atoms with van der Waals surface area (Å²) in [6.45, 7) is 8.98. The molecule has 0 saturated heterocycles. The van der Waals surface area contributed by atoms with E-state index < -0.39 is 0 Å². The van der Waals surface area contributed by atoms with Gasteiger partial charge < -0.3 is 10.2 Å². The van der Waals surface area contributed by atoms with Gasteiger partial charge >= 0.3 is 0 Å². The molecule has 1 aromatic carbocycles. The Bertz CT molecular complexity index is 395. The Morgan fingerprint density at radius 3 is 2.57 bits per heavy atom. The zero-order chi connectivity index (χ0) is 15.7. The van der Waals surface area contributed by atoms with E-state index in [1.807, 2.05) is 13.1 Å². The second kappa shape index (κ2) is 9.91. The van der Waals surface area contributed by atoms with Gasteiger partial charge in [0, 0.05) is 18.6 Å². The van der Waals surface area contributed by atoms with Crippen LogP contribution in [0, 0.1) is 5.82 Å². The maximum Gasteiger partial charge on any atom is 0.123 e. The van der Waals surface area contributed by atoms with Gasteiger partial charge in [0.25, 0.3) is 0 Å². The third-order valence-electron chi connectivity index (χ3n) is 4.32. The fraction of sp³-hybridized carbons (Fsp3) is 0.667. The monoisotopic (exact) mass is 294 g/mol. The van der Waals surface area contributed by atoms with Gasteiger partial charge in [-0.1, -0.05) is 32.4 Å². The minimum Gasteiger partial charge on any atom is -0.313 e. The number of nitrogens with zero attached hydrogens (tertiary/aromatic N) is 1. The van der Waals surface area contributed by atoms with Crippen LogP contribution < -0.4 is 5.32 Å². The molecule has 0 aliphatic heterocycles. The number of benzene rings is 1. The van der Waals surface area contributed by atoms with Crippen molar-refractivity contribution in [2.45, 2.75) is 58.5 Å². The predicted octanol–water partition coefficient (Wildman–Crippen LogP) is 4.38. The first-order valence-electron chi connectivity index (χ1n) is 8.29. The van der Waals surface area contributed by atoms with E-state index in [1.165, 1.54) is 25.3 Å². The first-order valence-corrected chi connectivity index (χ1v) is 8.29. The topological polar surface area (TPSA) is 15.3 Å². The van der Waals surface area contributed by atoms with Crippen molar-refractivity contribution in [1.82, 2.24) is 10.2 Å². The zero-order valence-corrected chi connectivity index (χ0v) is 14.0. The van der Waals surface area contributed by atoms with Crippen LogP contribution in [0.25, 0.3) is 0 Å². The van der Waals surface area contributed by atoms with Crippen LogP contribution in [0.5, 0.6) is 0 Å². The lowest BCUT2D eigenvalue weighted by atomic mass is 10.0. The van der Waals surface area contributed by atoms with Crippen molar-refractivity contribution in [3.63, 3.8) is 0 Å². The summed E-state index contributed by atoms with van der Waals surface area (Å²) in [5.41, 5.74) is 1.04. The van der Waals surface area contributed by atoms with Crippen molar-refractivity contribution in [3.05, 3.63) is 35.6 Å². The molecule has 0 heterocycles. The highest BCUT2D eigenvalue weighted by Crippen LogP contribution is 2.19. The normalized spacial score (nSPS) is 14.4. The number of nitrogens with one attached hydrogen (secondary N) is 1. The average Bonchev–Trinajstić information content (AvgIpc) is 2.50. The Labute approximate surface area is 129 Å². The van der Waals surface area contributed by atoms with Crippen molar-refractivity contribution in [1.29, 1.82) is 0 Å². The summed E-state index contributed by atoms with van der Waals surface area (Å²) in [6, 6.07) is 7.77. The Balaban J connectivity index is 2.62. The summed E-state index contributed by atoms with van der Waals surface area (Å²) in [5, 5.41) is 3.32. The molecule has 0 amide bonds. The molecule has 3 heteroatoms. The van der Waals surface area contributed by atoms with Crippen molar-refractivity contribution in [3.8, 4) is 0 Å². The first kappa shape index (κ1) is 18.1. The Morgan fingerprint density at radius 2 is 2.00 bits per heavy atom. The third-order valence-corrected chi connectivity index (χ3v) is 4.32. The van der Waals surface area contributed by atoms with Gasteiger partial charge in [-0.15, -0.1) is 0 Å². The van der Waals surface area contributed by atoms with Gasteiger partial charge in [0.2, 0.25) is 0 Å². The highest BCUT2D eigenvalue weighted by molar-refractivity contribution is 5.20. The van der Waals surface area contributed by atoms with Crippen LogP contribution in [0.4, 0.5) is 4.39 Å². The smallest absolute Gasteiger partial charge is 0.123 e. The third kappa shape index (κ3) is 6.15. The molecular formula is C18H31FN2. The Morgan fingerprint density at radius 1 is 1.24 bits per heavy atom. The number of halogens is 1. The van der Waals surface area contributed by atoms with Crippen LogP contribution in [0.15, 0.2) is 24.3 Å². The van der Waals surface area contributed by atoms with Gasteiger partial charge in [-0.25, -0.2) is 4.39 Å². The van der Waals surface area contributed by atoms with Gasteiger partial charge in [0.1, 0.15) is 5.82 Å². The summed E-state index contributed by atoms with van der Waals surface area (Å²) in [5.74, 6) is -0.155. The molecule has 0 aliphatic carbocycles. The summed E-state index contributed by atoms with van der Waals surface area (Å²) in [4.78, 5) is 2.56. The van der Waals surface area contributed by atoms with E-state index in [4.69, 9.17) is 0 Å². The van der Waals surface area contributed by atoms with E-state index in [9.17, 15) is 4.39 Å². The number of hydrogen-bond acceptors (Lipinski definition) is 2. The SMILES string of the molecule is CCCCN(CCC(NC)c1cccc(F)c1)C(C)CC. The average molecular weight is 294 g/mol. The molecule has 2 nitrogen and oxygen atoms in total. The number of hydrogen-bond donors (Lipinski definition) is 1. The Kier molecular flexibility index (Phi) is 8.55. The van der Waals surface area contributed by atoms with Crippen molar-refractivity contribution in [2.75, 3.05) is 20.1 Å². The lowest BCUT2D eigenvalue weighted by Crippen LogP contribution is -2.36. The molecule has 2 unspecified atom stereocenters. The highest BCUT2D eigenvalue weighted by atomic mass is 19.1. The zero-order valence-electron chi connectivity index (χ0n) is 14.0. The van der Waals surface area contributed by atoms with E-state index in [0.29, 0.717) is 6.04 Å². The van der Waals surface area contributed by atoms with Gasteiger partial charge in [-0.2, -0.15) is 0 Å². The van der Waals surface area contributed by atoms with E-state index in [0.717, 1.165) is 25.1 Å². The molecule has 120 valence electrons. The molecule has 1 rings (SSSR count). The summed E-state index contributed by atoms with van der Waals surface area (Å²) in [6.07, 6.45) is 4.66. The van der Waals surface area contributed by atoms with Crippen LogP contribution >= 0.6 is 0 Å². The van der Waals surface area contributed by atoms with Gasteiger partial charge in [-0.3, -0.25) is 0 Å². The van der Waals surface area contributed by atoms with Gasteiger partial charge in [0.05, 0.1) is 0 Å². The van der Waals surface area contributed by atoms with Crippen LogP contribution in [-0.4, -0.2) is 31.1 Å². The molecule has 0 aromatic heterocycles. The van der Waals surface area contributed by atoms with Crippen LogP contribution in [0.3, 0.4) is 0 Å². The lowest BCUT2D eigenvalue weighted by Gasteiger charge is -2.30. The molecule has 1 N–H and O–H groups in total. The summed E-state index contributed by atoms with van der Waals surface area (Å²) in [7, 11) is 1.95. The van der Waals surface area contributed by atoms with Crippen molar-refractivity contribution < 1.29 is 4.39 Å². The van der Waals surface area contributed by atoms with Crippen LogP contribution in [0.1, 0.15) is 58.1 Å². The second-order valence-corrected chi connectivity index (χ2v) is 5.83. The molecular weight excluding hydrogens is 263 g/mol. The molecule has 21 heavy (non-hydrogen) atoms. The molecule has 1 aromatic rings. The lowest BCUT2D eigenvalue weighted by molar-refractivity contribution is 0.191. The number of rotatable bonds is 10. The molecule has 0 bridgehead atoms. The highest BCUT2D eigenvalue weighted by Gasteiger charge is 2.15. The standard InChI is InChI=1S/C18H31FN2/c1-5-7-12-21(15(3)6-2)13-11-18(20-4)16-9-8-10-17(19)14-16/h8-10,14-15,18,20H,5-7,11-13H2,1-4H3. The maximum absolute atomic E-state index is 13.4. The second-order valence-electron chi connectivity index (χ2n) is 5.83. The van der Waals surface area contributed by atoms with E-state index in [1.54, 1.807) is 12.1 Å². The summed E-state index contributed by atoms with van der Waals surface area (Å²) < 4.78 is 13.4. The largest absolute Gasteiger partial charge is 0.313 e. The Hall–Kier alpha value is -0.930. The first-order chi connectivity index (χ1) is 10.1. The fourth-order valence-electron chi connectivity index (χ4n) is 2.67. The van der Waals surface area contributed by atoms with Crippen molar-refractivity contribution in [2.24, 2.45) is 0 Å². The molecule has 0 fully saturated rings. The van der Waals surface area contributed by atoms with Crippen LogP contribution in [0.2, 0.25) is 0 Å². The minimum atomic E-state index is -0.155. The molecule has 0 spiro atoms. The minimum absolute atomic E-state index is 0.155. The molecule has 0 aliphatic rings. The molecule has 0 saturated carbocycles. The van der Waals surface area contributed by atoms with Crippen molar-refractivity contribution >= 4 is 0 Å². The van der Waals surface area contributed by atoms with Gasteiger partial charge in [0.15, 0.2) is 0 Å². The molecule has 2 atom stereocenters. The predicted molar refractivity (Wildman–Crippen MR) is 89.1 cm³/mol. The van der Waals surface area contributed by atoms with E-state index in [-0.39, 0.29) is 11.9 Å². The van der Waals surface area contributed by atoms with E-state index in [2.05, 4.69) is 31.0 Å². The van der Waals surface area contributed by atoms with E-state index >= 15 is 0 Å². The fourth-order valence-corrected chi connectivity index (χ4v) is 2.67. The summed E-state index contributed by atoms with van der Waals surface area (Å²) >= 11 is 0. The van der Waals surface area contributed by atoms with Crippen LogP contribution in [-0.2, 0) is 0 Å². The quantitative estimate of drug-likeness (QED) is 0.689. The maximum atomic E-state index is 13.4. The van der Waals surface area contributed by atoms with Gasteiger partial charge in [-0.05, 0) is 57.5 Å². The molecule has 0 radical (unpaired) electrons.